The predicted octanol–water partition coefficient (Wildman–Crippen LogP) is 4.15. The van der Waals surface area contributed by atoms with Crippen LogP contribution in [0, 0.1) is 0 Å². The van der Waals surface area contributed by atoms with E-state index in [1.54, 1.807) is 6.33 Å². The van der Waals surface area contributed by atoms with E-state index in [9.17, 15) is 0 Å². The van der Waals surface area contributed by atoms with Crippen molar-refractivity contribution in [3.63, 3.8) is 0 Å². The maximum atomic E-state index is 5.94. The highest BCUT2D eigenvalue weighted by atomic mass is 79.9. The predicted molar refractivity (Wildman–Crippen MR) is 82.9 cm³/mol. The summed E-state index contributed by atoms with van der Waals surface area (Å²) in [6, 6.07) is 6.11. The molecule has 2 rings (SSSR count). The molecule has 0 N–H and O–H groups in total. The summed E-state index contributed by atoms with van der Waals surface area (Å²) in [5, 5.41) is 4.21. The Morgan fingerprint density at radius 3 is 2.85 bits per heavy atom. The maximum absolute atomic E-state index is 5.94. The second-order valence-electron chi connectivity index (χ2n) is 5.02. The normalized spacial score (nSPS) is 11.1. The molecule has 0 aliphatic heterocycles. The first-order valence-electron chi connectivity index (χ1n) is 6.90. The number of nitrogens with zero attached hydrogens (tertiary/aromatic N) is 3. The van der Waals surface area contributed by atoms with Gasteiger partial charge >= 0.3 is 0 Å². The van der Waals surface area contributed by atoms with Crippen LogP contribution in [0.3, 0.4) is 0 Å². The Bertz CT molecular complexity index is 566. The van der Waals surface area contributed by atoms with Gasteiger partial charge in [0.25, 0.3) is 0 Å². The van der Waals surface area contributed by atoms with Crippen LogP contribution in [0.5, 0.6) is 5.75 Å². The first-order valence-corrected chi connectivity index (χ1v) is 7.70. The molecular weight excluding hydrogens is 318 g/mol. The molecule has 1 heterocycles. The van der Waals surface area contributed by atoms with E-state index in [0.717, 1.165) is 29.0 Å². The molecule has 1 aromatic heterocycles. The fourth-order valence-corrected chi connectivity index (χ4v) is 2.42. The highest BCUT2D eigenvalue weighted by Crippen LogP contribution is 2.29. The maximum Gasteiger partial charge on any atom is 0.164 e. The van der Waals surface area contributed by atoms with Crippen molar-refractivity contribution in [2.75, 3.05) is 0 Å². The number of hydrogen-bond acceptors (Lipinski definition) is 3. The molecule has 0 aliphatic rings. The molecular formula is C15H20BrN3O. The second-order valence-corrected chi connectivity index (χ2v) is 5.94. The van der Waals surface area contributed by atoms with Crippen LogP contribution in [-0.2, 0) is 13.2 Å². The molecule has 0 bridgehead atoms. The lowest BCUT2D eigenvalue weighted by atomic mass is 10.0. The fourth-order valence-electron chi connectivity index (χ4n) is 2.04. The summed E-state index contributed by atoms with van der Waals surface area (Å²) in [6.07, 6.45) is 2.62. The Hall–Kier alpha value is -1.36. The van der Waals surface area contributed by atoms with E-state index in [-0.39, 0.29) is 0 Å². The van der Waals surface area contributed by atoms with Gasteiger partial charge in [-0.2, -0.15) is 5.10 Å². The minimum atomic E-state index is 0.413. The molecule has 108 valence electrons. The Labute approximate surface area is 128 Å². The van der Waals surface area contributed by atoms with Crippen LogP contribution in [0.4, 0.5) is 0 Å². The molecule has 0 fully saturated rings. The zero-order valence-corrected chi connectivity index (χ0v) is 13.7. The smallest absolute Gasteiger partial charge is 0.164 e. The van der Waals surface area contributed by atoms with E-state index in [1.165, 1.54) is 5.56 Å². The third kappa shape index (κ3) is 3.60. The van der Waals surface area contributed by atoms with Gasteiger partial charge in [-0.3, -0.25) is 0 Å². The number of ether oxygens (including phenoxy) is 1. The summed E-state index contributed by atoms with van der Waals surface area (Å²) < 4.78 is 8.91. The summed E-state index contributed by atoms with van der Waals surface area (Å²) in [6.45, 7) is 7.76. The zero-order chi connectivity index (χ0) is 14.5. The van der Waals surface area contributed by atoms with E-state index < -0.39 is 0 Å². The van der Waals surface area contributed by atoms with E-state index in [1.807, 2.05) is 16.8 Å². The van der Waals surface area contributed by atoms with Crippen LogP contribution in [0.25, 0.3) is 0 Å². The topological polar surface area (TPSA) is 39.9 Å². The van der Waals surface area contributed by atoms with Crippen LogP contribution < -0.4 is 4.74 Å². The number of halogens is 1. The van der Waals surface area contributed by atoms with Gasteiger partial charge in [-0.15, -0.1) is 0 Å². The lowest BCUT2D eigenvalue weighted by Gasteiger charge is -2.14. The molecule has 0 atom stereocenters. The van der Waals surface area contributed by atoms with Crippen molar-refractivity contribution in [3.8, 4) is 5.75 Å². The molecule has 1 aromatic carbocycles. The highest BCUT2D eigenvalue weighted by molar-refractivity contribution is 9.10. The molecule has 0 spiro atoms. The van der Waals surface area contributed by atoms with Crippen molar-refractivity contribution in [1.82, 2.24) is 14.8 Å². The lowest BCUT2D eigenvalue weighted by molar-refractivity contribution is 0.282. The largest absolute Gasteiger partial charge is 0.485 e. The van der Waals surface area contributed by atoms with Gasteiger partial charge in [-0.05, 0) is 36.1 Å². The third-order valence-electron chi connectivity index (χ3n) is 3.08. The molecule has 0 amide bonds. The van der Waals surface area contributed by atoms with Crippen LogP contribution in [0.15, 0.2) is 29.0 Å². The van der Waals surface area contributed by atoms with Gasteiger partial charge in [0.05, 0.1) is 0 Å². The fraction of sp³-hybridized carbons (Fsp3) is 0.467. The molecule has 20 heavy (non-hydrogen) atoms. The van der Waals surface area contributed by atoms with Crippen molar-refractivity contribution in [3.05, 3.63) is 40.4 Å². The summed E-state index contributed by atoms with van der Waals surface area (Å²) in [4.78, 5) is 4.26. The average molecular weight is 338 g/mol. The van der Waals surface area contributed by atoms with E-state index >= 15 is 0 Å². The zero-order valence-electron chi connectivity index (χ0n) is 12.1. The molecule has 0 radical (unpaired) electrons. The number of aryl methyl sites for hydroxylation is 1. The van der Waals surface area contributed by atoms with Gasteiger partial charge in [-0.25, -0.2) is 9.67 Å². The van der Waals surface area contributed by atoms with Gasteiger partial charge in [0.15, 0.2) is 5.82 Å². The van der Waals surface area contributed by atoms with Crippen LogP contribution in [0.2, 0.25) is 0 Å². The quantitative estimate of drug-likeness (QED) is 0.794. The molecule has 5 heteroatoms. The van der Waals surface area contributed by atoms with Crippen molar-refractivity contribution in [2.45, 2.75) is 46.3 Å². The van der Waals surface area contributed by atoms with Crippen molar-refractivity contribution in [2.24, 2.45) is 0 Å². The molecule has 2 aromatic rings. The Kier molecular flexibility index (Phi) is 5.17. The Morgan fingerprint density at radius 1 is 1.35 bits per heavy atom. The summed E-state index contributed by atoms with van der Waals surface area (Å²) in [7, 11) is 0. The minimum Gasteiger partial charge on any atom is -0.485 e. The van der Waals surface area contributed by atoms with Crippen molar-refractivity contribution >= 4 is 15.9 Å². The van der Waals surface area contributed by atoms with Crippen LogP contribution in [-0.4, -0.2) is 14.8 Å². The Balaban J connectivity index is 2.12. The number of hydrogen-bond donors (Lipinski definition) is 0. The van der Waals surface area contributed by atoms with E-state index in [4.69, 9.17) is 4.74 Å². The number of benzene rings is 1. The first-order chi connectivity index (χ1) is 9.61. The van der Waals surface area contributed by atoms with Gasteiger partial charge in [0.2, 0.25) is 0 Å². The van der Waals surface area contributed by atoms with E-state index in [2.05, 4.69) is 52.9 Å². The Morgan fingerprint density at radius 2 is 2.15 bits per heavy atom. The summed E-state index contributed by atoms with van der Waals surface area (Å²) in [5.74, 6) is 2.19. The SMILES string of the molecule is CCCn1ncnc1COc1ccc(Br)cc1C(C)C. The summed E-state index contributed by atoms with van der Waals surface area (Å²) in [5.41, 5.74) is 1.20. The molecule has 0 saturated heterocycles. The molecule has 0 unspecified atom stereocenters. The van der Waals surface area contributed by atoms with Gasteiger partial charge in [0, 0.05) is 11.0 Å². The molecule has 4 nitrogen and oxygen atoms in total. The lowest BCUT2D eigenvalue weighted by Crippen LogP contribution is -2.09. The van der Waals surface area contributed by atoms with Crippen LogP contribution in [0.1, 0.15) is 44.5 Å². The highest BCUT2D eigenvalue weighted by Gasteiger charge is 2.10. The monoisotopic (exact) mass is 337 g/mol. The second kappa shape index (κ2) is 6.88. The number of rotatable bonds is 6. The standard InChI is InChI=1S/C15H20BrN3O/c1-4-7-19-15(17-10-18-19)9-20-14-6-5-12(16)8-13(14)11(2)3/h5-6,8,10-11H,4,7,9H2,1-3H3. The van der Waals surface area contributed by atoms with Gasteiger partial charge < -0.3 is 4.74 Å². The van der Waals surface area contributed by atoms with E-state index in [0.29, 0.717) is 12.5 Å². The first kappa shape index (κ1) is 15.0. The molecule has 0 aliphatic carbocycles. The summed E-state index contributed by atoms with van der Waals surface area (Å²) >= 11 is 3.50. The van der Waals surface area contributed by atoms with Gasteiger partial charge in [-0.1, -0.05) is 36.7 Å². The third-order valence-corrected chi connectivity index (χ3v) is 3.58. The van der Waals surface area contributed by atoms with Crippen molar-refractivity contribution < 1.29 is 4.74 Å². The number of aromatic nitrogens is 3. The van der Waals surface area contributed by atoms with Crippen molar-refractivity contribution in [1.29, 1.82) is 0 Å². The van der Waals surface area contributed by atoms with Gasteiger partial charge in [0.1, 0.15) is 18.7 Å². The van der Waals surface area contributed by atoms with Crippen LogP contribution >= 0.6 is 15.9 Å². The molecule has 0 saturated carbocycles. The average Bonchev–Trinajstić information content (AvgIpc) is 2.85. The minimum absolute atomic E-state index is 0.413.